The number of benzene rings is 2. The average molecular weight is 298 g/mol. The fraction of sp³-hybridized carbons (Fsp3) is 0.278. The van der Waals surface area contributed by atoms with Crippen LogP contribution in [0.25, 0.3) is 0 Å². The molecule has 2 aromatic rings. The molecule has 0 aromatic heterocycles. The lowest BCUT2D eigenvalue weighted by atomic mass is 10.1. The monoisotopic (exact) mass is 298 g/mol. The second-order valence-corrected chi connectivity index (χ2v) is 5.15. The number of hydrogen-bond donors (Lipinski definition) is 2. The third kappa shape index (κ3) is 4.33. The van der Waals surface area contributed by atoms with Crippen LogP contribution in [0, 0.1) is 0 Å². The molecule has 4 heteroatoms. The Hall–Kier alpha value is -2.33. The van der Waals surface area contributed by atoms with E-state index in [1.165, 1.54) is 5.56 Å². The number of nitrogens with one attached hydrogen (secondary N) is 1. The quantitative estimate of drug-likeness (QED) is 0.861. The van der Waals surface area contributed by atoms with E-state index in [1.807, 2.05) is 48.5 Å². The van der Waals surface area contributed by atoms with Crippen LogP contribution >= 0.6 is 0 Å². The molecule has 22 heavy (non-hydrogen) atoms. The number of carbonyl (C=O) groups is 1. The Morgan fingerprint density at radius 2 is 1.91 bits per heavy atom. The molecule has 3 N–H and O–H groups in total. The van der Waals surface area contributed by atoms with Gasteiger partial charge in [0.15, 0.2) is 6.10 Å². The lowest BCUT2D eigenvalue weighted by molar-refractivity contribution is -0.122. The van der Waals surface area contributed by atoms with Crippen molar-refractivity contribution in [2.45, 2.75) is 32.9 Å². The number of rotatable bonds is 6. The maximum Gasteiger partial charge on any atom is 0.265 e. The van der Waals surface area contributed by atoms with Crippen LogP contribution < -0.4 is 15.8 Å². The largest absolute Gasteiger partial charge is 0.481 e. The first-order chi connectivity index (χ1) is 10.6. The standard InChI is InChI=1S/C18H22N2O2/c1-3-14-6-5-9-17(11-14)22-13(2)18(21)20-16-8-4-7-15(10-16)12-19/h4-11,13H,3,12,19H2,1-2H3,(H,20,21). The average Bonchev–Trinajstić information content (AvgIpc) is 2.55. The van der Waals surface area contributed by atoms with E-state index >= 15 is 0 Å². The first kappa shape index (κ1) is 16.0. The summed E-state index contributed by atoms with van der Waals surface area (Å²) in [7, 11) is 0. The topological polar surface area (TPSA) is 64.3 Å². The molecule has 1 unspecified atom stereocenters. The Kier molecular flexibility index (Phi) is 5.55. The molecule has 1 amide bonds. The zero-order valence-corrected chi connectivity index (χ0v) is 13.0. The first-order valence-electron chi connectivity index (χ1n) is 7.48. The molecule has 0 aliphatic heterocycles. The third-order valence-corrected chi connectivity index (χ3v) is 3.42. The number of amides is 1. The Labute approximate surface area is 131 Å². The van der Waals surface area contributed by atoms with E-state index in [1.54, 1.807) is 6.92 Å². The number of aryl methyl sites for hydroxylation is 1. The van der Waals surface area contributed by atoms with Crippen LogP contribution in [0.5, 0.6) is 5.75 Å². The summed E-state index contributed by atoms with van der Waals surface area (Å²) in [6.45, 7) is 4.26. The van der Waals surface area contributed by atoms with E-state index in [-0.39, 0.29) is 5.91 Å². The maximum atomic E-state index is 12.2. The summed E-state index contributed by atoms with van der Waals surface area (Å²) in [5.41, 5.74) is 8.48. The van der Waals surface area contributed by atoms with E-state index in [0.29, 0.717) is 12.3 Å². The van der Waals surface area contributed by atoms with Gasteiger partial charge in [-0.25, -0.2) is 0 Å². The highest BCUT2D eigenvalue weighted by molar-refractivity contribution is 5.94. The summed E-state index contributed by atoms with van der Waals surface area (Å²) in [6, 6.07) is 15.3. The van der Waals surface area contributed by atoms with Crippen molar-refractivity contribution in [1.29, 1.82) is 0 Å². The molecule has 2 aromatic carbocycles. The minimum atomic E-state index is -0.575. The van der Waals surface area contributed by atoms with Crippen molar-refractivity contribution in [1.82, 2.24) is 0 Å². The molecule has 0 heterocycles. The molecule has 0 spiro atoms. The predicted molar refractivity (Wildman–Crippen MR) is 88.9 cm³/mol. The number of hydrogen-bond acceptors (Lipinski definition) is 3. The second kappa shape index (κ2) is 7.61. The third-order valence-electron chi connectivity index (χ3n) is 3.42. The normalized spacial score (nSPS) is 11.8. The van der Waals surface area contributed by atoms with E-state index < -0.39 is 6.10 Å². The molecule has 0 radical (unpaired) electrons. The molecule has 2 rings (SSSR count). The van der Waals surface area contributed by atoms with Crippen LogP contribution in [0.4, 0.5) is 5.69 Å². The van der Waals surface area contributed by atoms with E-state index in [0.717, 1.165) is 17.7 Å². The van der Waals surface area contributed by atoms with Crippen LogP contribution in [0.15, 0.2) is 48.5 Å². The SMILES string of the molecule is CCc1cccc(OC(C)C(=O)Nc2cccc(CN)c2)c1. The summed E-state index contributed by atoms with van der Waals surface area (Å²) < 4.78 is 5.71. The first-order valence-corrected chi connectivity index (χ1v) is 7.48. The second-order valence-electron chi connectivity index (χ2n) is 5.15. The predicted octanol–water partition coefficient (Wildman–Crippen LogP) is 3.11. The van der Waals surface area contributed by atoms with Gasteiger partial charge in [0, 0.05) is 12.2 Å². The molecule has 4 nitrogen and oxygen atoms in total. The van der Waals surface area contributed by atoms with E-state index in [4.69, 9.17) is 10.5 Å². The van der Waals surface area contributed by atoms with Crippen LogP contribution in [0.1, 0.15) is 25.0 Å². The highest BCUT2D eigenvalue weighted by Gasteiger charge is 2.15. The van der Waals surface area contributed by atoms with Gasteiger partial charge in [0.25, 0.3) is 5.91 Å². The fourth-order valence-electron chi connectivity index (χ4n) is 2.12. The maximum absolute atomic E-state index is 12.2. The summed E-state index contributed by atoms with van der Waals surface area (Å²) >= 11 is 0. The zero-order chi connectivity index (χ0) is 15.9. The van der Waals surface area contributed by atoms with Gasteiger partial charge >= 0.3 is 0 Å². The summed E-state index contributed by atoms with van der Waals surface area (Å²) in [6.07, 6.45) is 0.359. The van der Waals surface area contributed by atoms with Crippen LogP contribution in [0.3, 0.4) is 0 Å². The van der Waals surface area contributed by atoms with Gasteiger partial charge in [-0.05, 0) is 48.7 Å². The summed E-state index contributed by atoms with van der Waals surface area (Å²) in [5, 5.41) is 2.85. The molecule has 0 aliphatic rings. The molecule has 0 bridgehead atoms. The van der Waals surface area contributed by atoms with Crippen LogP contribution in [0.2, 0.25) is 0 Å². The van der Waals surface area contributed by atoms with Crippen molar-refractivity contribution in [3.05, 3.63) is 59.7 Å². The van der Waals surface area contributed by atoms with Gasteiger partial charge in [0.1, 0.15) is 5.75 Å². The fourth-order valence-corrected chi connectivity index (χ4v) is 2.12. The van der Waals surface area contributed by atoms with Crippen molar-refractivity contribution in [3.63, 3.8) is 0 Å². The Balaban J connectivity index is 1.99. The lowest BCUT2D eigenvalue weighted by Crippen LogP contribution is -2.30. The smallest absolute Gasteiger partial charge is 0.265 e. The minimum absolute atomic E-state index is 0.184. The van der Waals surface area contributed by atoms with Gasteiger partial charge in [-0.1, -0.05) is 31.2 Å². The molecule has 0 saturated heterocycles. The number of carbonyl (C=O) groups excluding carboxylic acids is 1. The van der Waals surface area contributed by atoms with Gasteiger partial charge in [-0.15, -0.1) is 0 Å². The van der Waals surface area contributed by atoms with Gasteiger partial charge in [0.2, 0.25) is 0 Å². The molecule has 0 aliphatic carbocycles. The van der Waals surface area contributed by atoms with E-state index in [9.17, 15) is 4.79 Å². The van der Waals surface area contributed by atoms with Gasteiger partial charge in [0.05, 0.1) is 0 Å². The molecule has 0 saturated carbocycles. The number of nitrogens with two attached hydrogens (primary N) is 1. The van der Waals surface area contributed by atoms with Crippen molar-refractivity contribution in [2.75, 3.05) is 5.32 Å². The molecule has 1 atom stereocenters. The Morgan fingerprint density at radius 3 is 2.64 bits per heavy atom. The molecular weight excluding hydrogens is 276 g/mol. The summed E-state index contributed by atoms with van der Waals surface area (Å²) in [4.78, 5) is 12.2. The van der Waals surface area contributed by atoms with Gasteiger partial charge in [-0.2, -0.15) is 0 Å². The minimum Gasteiger partial charge on any atom is -0.481 e. The number of ether oxygens (including phenoxy) is 1. The lowest BCUT2D eigenvalue weighted by Gasteiger charge is -2.15. The number of anilines is 1. The molecular formula is C18H22N2O2. The van der Waals surface area contributed by atoms with Crippen molar-refractivity contribution >= 4 is 11.6 Å². The van der Waals surface area contributed by atoms with Crippen molar-refractivity contribution < 1.29 is 9.53 Å². The summed E-state index contributed by atoms with van der Waals surface area (Å²) in [5.74, 6) is 0.522. The van der Waals surface area contributed by atoms with Crippen LogP contribution in [-0.2, 0) is 17.8 Å². The zero-order valence-electron chi connectivity index (χ0n) is 13.0. The molecule has 0 fully saturated rings. The van der Waals surface area contributed by atoms with Crippen molar-refractivity contribution in [3.8, 4) is 5.75 Å². The highest BCUT2D eigenvalue weighted by atomic mass is 16.5. The van der Waals surface area contributed by atoms with E-state index in [2.05, 4.69) is 12.2 Å². The molecule has 116 valence electrons. The van der Waals surface area contributed by atoms with Gasteiger partial charge < -0.3 is 15.8 Å². The Morgan fingerprint density at radius 1 is 1.18 bits per heavy atom. The van der Waals surface area contributed by atoms with Gasteiger partial charge in [-0.3, -0.25) is 4.79 Å². The van der Waals surface area contributed by atoms with Crippen LogP contribution in [-0.4, -0.2) is 12.0 Å². The highest BCUT2D eigenvalue weighted by Crippen LogP contribution is 2.16. The van der Waals surface area contributed by atoms with Crippen molar-refractivity contribution in [2.24, 2.45) is 5.73 Å². The Bertz CT molecular complexity index is 640.